The highest BCUT2D eigenvalue weighted by molar-refractivity contribution is 7.14. The highest BCUT2D eigenvalue weighted by Crippen LogP contribution is 2.27. The van der Waals surface area contributed by atoms with E-state index in [-0.39, 0.29) is 5.91 Å². The molecule has 0 aliphatic heterocycles. The molecule has 1 aliphatic rings. The molecular formula is C13H15NOS. The highest BCUT2D eigenvalue weighted by Gasteiger charge is 2.12. The Balaban J connectivity index is 1.92. The molecule has 3 heteroatoms. The van der Waals surface area contributed by atoms with Crippen molar-refractivity contribution in [1.29, 1.82) is 0 Å². The topological polar surface area (TPSA) is 43.1 Å². The molecule has 0 saturated heterocycles. The summed E-state index contributed by atoms with van der Waals surface area (Å²) in [5.41, 5.74) is 5.18. The van der Waals surface area contributed by atoms with E-state index < -0.39 is 0 Å². The minimum Gasteiger partial charge on any atom is -0.365 e. The maximum Gasteiger partial charge on any atom is 0.258 e. The summed E-state index contributed by atoms with van der Waals surface area (Å²) in [5, 5.41) is 0. The molecule has 2 nitrogen and oxygen atoms in total. The van der Waals surface area contributed by atoms with Gasteiger partial charge >= 0.3 is 0 Å². The Bertz CT molecular complexity index is 432. The van der Waals surface area contributed by atoms with E-state index in [4.69, 9.17) is 5.73 Å². The van der Waals surface area contributed by atoms with Crippen LogP contribution in [-0.4, -0.2) is 5.91 Å². The first-order valence-corrected chi connectivity index (χ1v) is 6.46. The second kappa shape index (κ2) is 5.18. The van der Waals surface area contributed by atoms with Crippen molar-refractivity contribution in [3.05, 3.63) is 21.9 Å². The molecule has 2 rings (SSSR count). The SMILES string of the molecule is NC(=O)c1ccc(C#CCC2CCCC2)s1. The average Bonchev–Trinajstić information content (AvgIpc) is 2.87. The molecule has 1 amide bonds. The number of carbonyl (C=O) groups is 1. The Labute approximate surface area is 99.9 Å². The van der Waals surface area contributed by atoms with Crippen LogP contribution in [0, 0.1) is 17.8 Å². The first kappa shape index (κ1) is 11.2. The maximum atomic E-state index is 10.9. The van der Waals surface area contributed by atoms with Crippen LogP contribution in [0.4, 0.5) is 0 Å². The van der Waals surface area contributed by atoms with Gasteiger partial charge in [0.05, 0.1) is 9.75 Å². The summed E-state index contributed by atoms with van der Waals surface area (Å²) in [5.74, 6) is 6.74. The smallest absolute Gasteiger partial charge is 0.258 e. The molecule has 0 aromatic carbocycles. The average molecular weight is 233 g/mol. The molecule has 0 bridgehead atoms. The second-order valence-corrected chi connectivity index (χ2v) is 5.27. The maximum absolute atomic E-state index is 10.9. The van der Waals surface area contributed by atoms with Crippen LogP contribution in [-0.2, 0) is 0 Å². The van der Waals surface area contributed by atoms with Gasteiger partial charge in [-0.25, -0.2) is 0 Å². The van der Waals surface area contributed by atoms with Crippen molar-refractivity contribution in [3.63, 3.8) is 0 Å². The number of primary amides is 1. The third-order valence-electron chi connectivity index (χ3n) is 2.93. The first-order chi connectivity index (χ1) is 7.75. The van der Waals surface area contributed by atoms with Crippen molar-refractivity contribution in [2.24, 2.45) is 11.7 Å². The summed E-state index contributed by atoms with van der Waals surface area (Å²) in [4.78, 5) is 12.4. The minimum atomic E-state index is -0.367. The summed E-state index contributed by atoms with van der Waals surface area (Å²) in [6, 6.07) is 3.61. The third kappa shape index (κ3) is 2.86. The van der Waals surface area contributed by atoms with Gasteiger partial charge in [0.1, 0.15) is 0 Å². The number of hydrogen-bond donors (Lipinski definition) is 1. The van der Waals surface area contributed by atoms with Crippen molar-refractivity contribution < 1.29 is 4.79 Å². The standard InChI is InChI=1S/C13H15NOS/c14-13(15)12-9-8-11(16-12)7-3-6-10-4-1-2-5-10/h8-10H,1-2,4-6H2,(H2,14,15). The van der Waals surface area contributed by atoms with Crippen LogP contribution in [0.1, 0.15) is 46.7 Å². The number of thiophene rings is 1. The predicted octanol–water partition coefficient (Wildman–Crippen LogP) is 2.78. The van der Waals surface area contributed by atoms with Gasteiger partial charge in [-0.05, 0) is 30.9 Å². The van der Waals surface area contributed by atoms with Crippen LogP contribution in [0.2, 0.25) is 0 Å². The molecule has 1 aromatic heterocycles. The van der Waals surface area contributed by atoms with Crippen LogP contribution >= 0.6 is 11.3 Å². The fourth-order valence-corrected chi connectivity index (χ4v) is 2.77. The van der Waals surface area contributed by atoms with E-state index >= 15 is 0 Å². The highest BCUT2D eigenvalue weighted by atomic mass is 32.1. The molecule has 1 heterocycles. The Morgan fingerprint density at radius 3 is 2.81 bits per heavy atom. The van der Waals surface area contributed by atoms with E-state index in [0.29, 0.717) is 4.88 Å². The lowest BCUT2D eigenvalue weighted by atomic mass is 10.1. The van der Waals surface area contributed by atoms with Crippen LogP contribution in [0.25, 0.3) is 0 Å². The largest absolute Gasteiger partial charge is 0.365 e. The Morgan fingerprint density at radius 2 is 2.19 bits per heavy atom. The molecule has 1 saturated carbocycles. The minimum absolute atomic E-state index is 0.367. The summed E-state index contributed by atoms with van der Waals surface area (Å²) < 4.78 is 0. The quantitative estimate of drug-likeness (QED) is 0.784. The summed E-state index contributed by atoms with van der Waals surface area (Å²) in [6.07, 6.45) is 6.36. The lowest BCUT2D eigenvalue weighted by molar-refractivity contribution is 0.100. The van der Waals surface area contributed by atoms with Crippen LogP contribution in [0.3, 0.4) is 0 Å². The molecule has 1 aromatic rings. The number of rotatable bonds is 2. The van der Waals surface area contributed by atoms with E-state index in [2.05, 4.69) is 11.8 Å². The molecule has 0 spiro atoms. The predicted molar refractivity (Wildman–Crippen MR) is 66.3 cm³/mol. The van der Waals surface area contributed by atoms with Crippen molar-refractivity contribution in [1.82, 2.24) is 0 Å². The Morgan fingerprint density at radius 1 is 1.44 bits per heavy atom. The number of nitrogens with two attached hydrogens (primary N) is 1. The zero-order valence-electron chi connectivity index (χ0n) is 9.16. The van der Waals surface area contributed by atoms with Gasteiger partial charge in [-0.1, -0.05) is 24.7 Å². The second-order valence-electron chi connectivity index (χ2n) is 4.18. The van der Waals surface area contributed by atoms with E-state index in [1.54, 1.807) is 6.07 Å². The number of amides is 1. The normalized spacial score (nSPS) is 15.8. The zero-order valence-corrected chi connectivity index (χ0v) is 9.98. The van der Waals surface area contributed by atoms with Gasteiger partial charge in [0.15, 0.2) is 0 Å². The molecule has 16 heavy (non-hydrogen) atoms. The monoisotopic (exact) mass is 233 g/mol. The lowest BCUT2D eigenvalue weighted by Gasteiger charge is -2.00. The van der Waals surface area contributed by atoms with Gasteiger partial charge in [-0.15, -0.1) is 11.3 Å². The van der Waals surface area contributed by atoms with E-state index in [9.17, 15) is 4.79 Å². The van der Waals surface area contributed by atoms with Crippen molar-refractivity contribution >= 4 is 17.2 Å². The summed E-state index contributed by atoms with van der Waals surface area (Å²) in [7, 11) is 0. The molecule has 1 fully saturated rings. The third-order valence-corrected chi connectivity index (χ3v) is 3.94. The number of carbonyl (C=O) groups excluding carboxylic acids is 1. The summed E-state index contributed by atoms with van der Waals surface area (Å²) in [6.45, 7) is 0. The van der Waals surface area contributed by atoms with E-state index in [1.807, 2.05) is 6.07 Å². The van der Waals surface area contributed by atoms with Crippen molar-refractivity contribution in [2.45, 2.75) is 32.1 Å². The van der Waals surface area contributed by atoms with Crippen molar-refractivity contribution in [3.8, 4) is 11.8 Å². The zero-order chi connectivity index (χ0) is 11.4. The van der Waals surface area contributed by atoms with Gasteiger partial charge in [0, 0.05) is 6.42 Å². The molecule has 0 unspecified atom stereocenters. The Kier molecular flexibility index (Phi) is 3.63. The molecule has 84 valence electrons. The van der Waals surface area contributed by atoms with Crippen LogP contribution in [0.5, 0.6) is 0 Å². The molecular weight excluding hydrogens is 218 g/mol. The molecule has 0 atom stereocenters. The van der Waals surface area contributed by atoms with Gasteiger partial charge in [0.25, 0.3) is 5.91 Å². The van der Waals surface area contributed by atoms with Crippen LogP contribution in [0.15, 0.2) is 12.1 Å². The molecule has 1 aliphatic carbocycles. The molecule has 0 radical (unpaired) electrons. The fraction of sp³-hybridized carbons (Fsp3) is 0.462. The number of hydrogen-bond acceptors (Lipinski definition) is 2. The van der Waals surface area contributed by atoms with Gasteiger partial charge in [-0.2, -0.15) is 0 Å². The van der Waals surface area contributed by atoms with Gasteiger partial charge in [-0.3, -0.25) is 4.79 Å². The fourth-order valence-electron chi connectivity index (χ4n) is 2.03. The van der Waals surface area contributed by atoms with Crippen LogP contribution < -0.4 is 5.73 Å². The van der Waals surface area contributed by atoms with E-state index in [1.165, 1.54) is 37.0 Å². The lowest BCUT2D eigenvalue weighted by Crippen LogP contribution is -2.07. The van der Waals surface area contributed by atoms with Crippen molar-refractivity contribution in [2.75, 3.05) is 0 Å². The molecule has 2 N–H and O–H groups in total. The van der Waals surface area contributed by atoms with Gasteiger partial charge in [0.2, 0.25) is 0 Å². The summed E-state index contributed by atoms with van der Waals surface area (Å²) >= 11 is 1.38. The first-order valence-electron chi connectivity index (χ1n) is 5.64. The Hall–Kier alpha value is -1.27. The van der Waals surface area contributed by atoms with Gasteiger partial charge < -0.3 is 5.73 Å². The van der Waals surface area contributed by atoms with E-state index in [0.717, 1.165) is 17.2 Å².